The first kappa shape index (κ1) is 23.5. The topological polar surface area (TPSA) is 56.4 Å². The lowest BCUT2D eigenvalue weighted by molar-refractivity contribution is 0.0688. The number of likely N-dealkylation sites (N-methyl/N-ethyl adjacent to an activating group) is 1. The lowest BCUT2D eigenvalue weighted by atomic mass is 9.74. The van der Waals surface area contributed by atoms with Crippen molar-refractivity contribution in [3.63, 3.8) is 0 Å². The van der Waals surface area contributed by atoms with E-state index in [4.69, 9.17) is 0 Å². The molecule has 0 aliphatic heterocycles. The highest BCUT2D eigenvalue weighted by molar-refractivity contribution is 7.10. The van der Waals surface area contributed by atoms with Crippen LogP contribution in [0.25, 0.3) is 6.08 Å². The van der Waals surface area contributed by atoms with Crippen LogP contribution in [0.15, 0.2) is 64.5 Å². The molecule has 0 bridgehead atoms. The summed E-state index contributed by atoms with van der Waals surface area (Å²) in [6.45, 7) is 6.63. The average Bonchev–Trinajstić information content (AvgIpc) is 3.14. The van der Waals surface area contributed by atoms with Crippen LogP contribution < -0.4 is 4.87 Å². The van der Waals surface area contributed by atoms with Crippen LogP contribution in [-0.4, -0.2) is 54.4 Å². The Morgan fingerprint density at radius 3 is 2.70 bits per heavy atom. The summed E-state index contributed by atoms with van der Waals surface area (Å²) in [4.78, 5) is 33.4. The highest BCUT2D eigenvalue weighted by Crippen LogP contribution is 2.41. The standard InChI is InChI=1S/C27H33N3O2S/c1-19-15-23-24(33-26(32)28-23)16-22(19)21-11-8-12-27(2,17-21)18-30(14-13-29(3)4)25(31)20-9-6-5-7-10-20/h5-12,16,19H,13-15,17-18H2,1-4H3,(H,28,32). The van der Waals surface area contributed by atoms with Crippen LogP contribution in [-0.2, 0) is 6.42 Å². The van der Waals surface area contributed by atoms with E-state index in [-0.39, 0.29) is 16.2 Å². The van der Waals surface area contributed by atoms with Gasteiger partial charge in [0.1, 0.15) is 0 Å². The predicted molar refractivity (Wildman–Crippen MR) is 137 cm³/mol. The number of aromatic nitrogens is 1. The minimum Gasteiger partial charge on any atom is -0.336 e. The molecule has 2 unspecified atom stereocenters. The monoisotopic (exact) mass is 463 g/mol. The van der Waals surface area contributed by atoms with Crippen molar-refractivity contribution in [3.05, 3.63) is 85.5 Å². The van der Waals surface area contributed by atoms with Gasteiger partial charge in [-0.05, 0) is 62.2 Å². The Balaban J connectivity index is 1.56. The number of benzene rings is 1. The number of hydrogen-bond donors (Lipinski definition) is 1. The average molecular weight is 464 g/mol. The van der Waals surface area contributed by atoms with E-state index < -0.39 is 0 Å². The molecule has 0 spiro atoms. The van der Waals surface area contributed by atoms with Gasteiger partial charge in [0.2, 0.25) is 0 Å². The van der Waals surface area contributed by atoms with Crippen LogP contribution in [0, 0.1) is 11.3 Å². The molecular weight excluding hydrogens is 430 g/mol. The first-order chi connectivity index (χ1) is 15.7. The normalized spacial score (nSPS) is 22.0. The number of aromatic amines is 1. The van der Waals surface area contributed by atoms with Gasteiger partial charge in [-0.25, -0.2) is 0 Å². The van der Waals surface area contributed by atoms with Gasteiger partial charge in [-0.2, -0.15) is 0 Å². The molecule has 2 aliphatic carbocycles. The molecule has 1 N–H and O–H groups in total. The molecule has 0 saturated carbocycles. The Bertz CT molecular complexity index is 1160. The zero-order valence-electron chi connectivity index (χ0n) is 19.9. The number of allylic oxidation sites excluding steroid dienone is 4. The summed E-state index contributed by atoms with van der Waals surface area (Å²) < 4.78 is 0. The zero-order chi connectivity index (χ0) is 23.6. The summed E-state index contributed by atoms with van der Waals surface area (Å²) in [5, 5.41) is 0. The molecule has 0 fully saturated rings. The maximum absolute atomic E-state index is 13.4. The van der Waals surface area contributed by atoms with Crippen LogP contribution in [0.5, 0.6) is 0 Å². The third kappa shape index (κ3) is 5.45. The molecule has 4 rings (SSSR count). The van der Waals surface area contributed by atoms with Crippen LogP contribution >= 0.6 is 11.3 Å². The van der Waals surface area contributed by atoms with Crippen LogP contribution in [0.2, 0.25) is 0 Å². The highest BCUT2D eigenvalue weighted by atomic mass is 32.1. The molecule has 33 heavy (non-hydrogen) atoms. The van der Waals surface area contributed by atoms with Gasteiger partial charge in [-0.1, -0.05) is 61.6 Å². The Kier molecular flexibility index (Phi) is 6.86. The Morgan fingerprint density at radius 2 is 1.97 bits per heavy atom. The molecule has 1 aromatic heterocycles. The van der Waals surface area contributed by atoms with Gasteiger partial charge < -0.3 is 14.8 Å². The molecule has 1 heterocycles. The summed E-state index contributed by atoms with van der Waals surface area (Å²) in [7, 11) is 4.07. The third-order valence-electron chi connectivity index (χ3n) is 6.52. The molecule has 2 aliphatic rings. The molecule has 174 valence electrons. The minimum absolute atomic E-state index is 0.0167. The molecule has 5 nitrogen and oxygen atoms in total. The van der Waals surface area contributed by atoms with Crippen LogP contribution in [0.1, 0.15) is 41.2 Å². The molecular formula is C27H33N3O2S. The quantitative estimate of drug-likeness (QED) is 0.652. The number of nitrogens with zero attached hydrogens (tertiary/aromatic N) is 2. The van der Waals surface area contributed by atoms with E-state index in [2.05, 4.69) is 48.0 Å². The molecule has 0 saturated heterocycles. The van der Waals surface area contributed by atoms with Crippen LogP contribution in [0.3, 0.4) is 0 Å². The maximum Gasteiger partial charge on any atom is 0.305 e. The number of hydrogen-bond acceptors (Lipinski definition) is 4. The number of H-pyrrole nitrogens is 1. The second-order valence-electron chi connectivity index (χ2n) is 9.84. The van der Waals surface area contributed by atoms with E-state index in [1.54, 1.807) is 0 Å². The lowest BCUT2D eigenvalue weighted by Gasteiger charge is -2.37. The molecule has 1 aromatic carbocycles. The van der Waals surface area contributed by atoms with Gasteiger partial charge in [-0.3, -0.25) is 9.59 Å². The van der Waals surface area contributed by atoms with Crippen molar-refractivity contribution in [1.29, 1.82) is 0 Å². The molecule has 2 atom stereocenters. The fourth-order valence-electron chi connectivity index (χ4n) is 4.78. The number of carbonyl (C=O) groups is 1. The molecule has 0 radical (unpaired) electrons. The summed E-state index contributed by atoms with van der Waals surface area (Å²) in [5.74, 6) is 0.427. The largest absolute Gasteiger partial charge is 0.336 e. The molecule has 6 heteroatoms. The number of carbonyl (C=O) groups excluding carboxylic acids is 1. The summed E-state index contributed by atoms with van der Waals surface area (Å²) in [5.41, 5.74) is 4.24. The van der Waals surface area contributed by atoms with Crippen molar-refractivity contribution in [3.8, 4) is 0 Å². The molecule has 1 amide bonds. The first-order valence-corrected chi connectivity index (χ1v) is 12.4. The van der Waals surface area contributed by atoms with Gasteiger partial charge in [0.05, 0.1) is 4.88 Å². The lowest BCUT2D eigenvalue weighted by Crippen LogP contribution is -2.43. The number of amides is 1. The van der Waals surface area contributed by atoms with Gasteiger partial charge in [0.15, 0.2) is 0 Å². The maximum atomic E-state index is 13.4. The van der Waals surface area contributed by atoms with Gasteiger partial charge in [0, 0.05) is 36.3 Å². The fraction of sp³-hybridized carbons (Fsp3) is 0.407. The minimum atomic E-state index is -0.160. The summed E-state index contributed by atoms with van der Waals surface area (Å²) in [6, 6.07) is 9.56. The van der Waals surface area contributed by atoms with Crippen molar-refractivity contribution in [2.24, 2.45) is 11.3 Å². The van der Waals surface area contributed by atoms with Crippen LogP contribution in [0.4, 0.5) is 0 Å². The zero-order valence-corrected chi connectivity index (χ0v) is 20.7. The number of nitrogens with one attached hydrogen (secondary N) is 1. The van der Waals surface area contributed by atoms with Crippen molar-refractivity contribution in [2.45, 2.75) is 26.7 Å². The second-order valence-corrected chi connectivity index (χ2v) is 10.9. The van der Waals surface area contributed by atoms with Gasteiger partial charge in [-0.15, -0.1) is 0 Å². The van der Waals surface area contributed by atoms with E-state index >= 15 is 0 Å². The SMILES string of the molecule is CC1Cc2[nH]c(=O)sc2C=C1C1=CC=CC(C)(CN(CCN(C)C)C(=O)c2ccccc2)C1. The predicted octanol–water partition coefficient (Wildman–Crippen LogP) is 4.61. The van der Waals surface area contributed by atoms with Gasteiger partial charge in [0.25, 0.3) is 5.91 Å². The highest BCUT2D eigenvalue weighted by Gasteiger charge is 2.32. The van der Waals surface area contributed by atoms with Gasteiger partial charge >= 0.3 is 4.87 Å². The van der Waals surface area contributed by atoms with E-state index in [0.717, 1.165) is 35.5 Å². The first-order valence-electron chi connectivity index (χ1n) is 11.6. The summed E-state index contributed by atoms with van der Waals surface area (Å²) >= 11 is 1.29. The van der Waals surface area contributed by atoms with E-state index in [1.165, 1.54) is 22.5 Å². The van der Waals surface area contributed by atoms with E-state index in [9.17, 15) is 9.59 Å². The smallest absolute Gasteiger partial charge is 0.305 e. The fourth-order valence-corrected chi connectivity index (χ4v) is 5.60. The second kappa shape index (κ2) is 9.65. The van der Waals surface area contributed by atoms with Crippen molar-refractivity contribution in [1.82, 2.24) is 14.8 Å². The van der Waals surface area contributed by atoms with Crippen molar-refractivity contribution < 1.29 is 4.79 Å². The van der Waals surface area contributed by atoms with Crippen molar-refractivity contribution >= 4 is 23.3 Å². The Hall–Kier alpha value is -2.70. The molecule has 2 aromatic rings. The summed E-state index contributed by atoms with van der Waals surface area (Å²) in [6.07, 6.45) is 10.5. The number of fused-ring (bicyclic) bond motifs is 1. The number of rotatable bonds is 7. The number of thiazole rings is 1. The van der Waals surface area contributed by atoms with Crippen molar-refractivity contribution in [2.75, 3.05) is 33.7 Å². The Morgan fingerprint density at radius 1 is 1.21 bits per heavy atom. The third-order valence-corrected chi connectivity index (χ3v) is 7.39. The Labute approximate surface area is 200 Å². The van der Waals surface area contributed by atoms with E-state index in [1.807, 2.05) is 49.3 Å². The van der Waals surface area contributed by atoms with E-state index in [0.29, 0.717) is 19.0 Å².